The van der Waals surface area contributed by atoms with Gasteiger partial charge in [0.2, 0.25) is 0 Å². The minimum absolute atomic E-state index is 0.359. The van der Waals surface area contributed by atoms with Crippen molar-refractivity contribution in [1.29, 1.82) is 0 Å². The Balaban J connectivity index is 2.15. The van der Waals surface area contributed by atoms with Crippen molar-refractivity contribution in [3.05, 3.63) is 24.2 Å². The topological polar surface area (TPSA) is 57.6 Å². The number of furan rings is 1. The maximum atomic E-state index is 6.04. The van der Waals surface area contributed by atoms with Gasteiger partial charge in [-0.3, -0.25) is 0 Å². The fourth-order valence-corrected chi connectivity index (χ4v) is 1.65. The van der Waals surface area contributed by atoms with Gasteiger partial charge in [-0.05, 0) is 39.8 Å². The van der Waals surface area contributed by atoms with Crippen molar-refractivity contribution >= 4 is 7.12 Å². The average molecular weight is 223 g/mol. The van der Waals surface area contributed by atoms with Crippen molar-refractivity contribution in [3.8, 4) is 0 Å². The van der Waals surface area contributed by atoms with Crippen molar-refractivity contribution in [3.63, 3.8) is 0 Å². The summed E-state index contributed by atoms with van der Waals surface area (Å²) in [6.07, 6.45) is 1.60. The molecule has 1 atom stereocenters. The van der Waals surface area contributed by atoms with Gasteiger partial charge < -0.3 is 19.5 Å². The van der Waals surface area contributed by atoms with E-state index in [4.69, 9.17) is 19.5 Å². The third-order valence-electron chi connectivity index (χ3n) is 3.44. The summed E-state index contributed by atoms with van der Waals surface area (Å²) in [5.41, 5.74) is 5.32. The molecule has 0 aromatic carbocycles. The molecule has 5 heteroatoms. The number of hydrogen-bond donors (Lipinski definition) is 1. The molecule has 0 amide bonds. The summed E-state index contributed by atoms with van der Waals surface area (Å²) in [7, 11) is -0.462. The van der Waals surface area contributed by atoms with Crippen LogP contribution in [0.2, 0.25) is 0 Å². The minimum atomic E-state index is -0.462. The van der Waals surface area contributed by atoms with Gasteiger partial charge in [-0.25, -0.2) is 0 Å². The fraction of sp³-hybridized carbons (Fsp3) is 0.636. The van der Waals surface area contributed by atoms with Crippen molar-refractivity contribution in [1.82, 2.24) is 0 Å². The van der Waals surface area contributed by atoms with Crippen molar-refractivity contribution in [2.45, 2.75) is 44.8 Å². The van der Waals surface area contributed by atoms with E-state index in [-0.39, 0.29) is 11.2 Å². The molecule has 4 nitrogen and oxygen atoms in total. The molecule has 0 spiro atoms. The number of hydrogen-bond acceptors (Lipinski definition) is 4. The second-order valence-corrected chi connectivity index (χ2v) is 5.17. The number of rotatable bonds is 2. The van der Waals surface area contributed by atoms with Crippen LogP contribution >= 0.6 is 0 Å². The van der Waals surface area contributed by atoms with Crippen LogP contribution in [0, 0.1) is 0 Å². The maximum absolute atomic E-state index is 6.04. The van der Waals surface area contributed by atoms with Gasteiger partial charge in [-0.2, -0.15) is 0 Å². The largest absolute Gasteiger partial charge is 0.483 e. The Bertz CT molecular complexity index is 345. The van der Waals surface area contributed by atoms with Crippen LogP contribution in [0.15, 0.2) is 22.8 Å². The molecule has 0 aliphatic carbocycles. The SMILES string of the molecule is CC1(C)OB(C(N)c2ccco2)OC1(C)C. The van der Waals surface area contributed by atoms with Gasteiger partial charge >= 0.3 is 7.12 Å². The van der Waals surface area contributed by atoms with E-state index in [1.54, 1.807) is 12.3 Å². The zero-order valence-electron chi connectivity index (χ0n) is 10.2. The molecule has 1 saturated heterocycles. The van der Waals surface area contributed by atoms with Crippen LogP contribution in [0.4, 0.5) is 0 Å². The van der Waals surface area contributed by atoms with E-state index in [1.165, 1.54) is 0 Å². The Morgan fingerprint density at radius 3 is 2.19 bits per heavy atom. The molecule has 2 rings (SSSR count). The van der Waals surface area contributed by atoms with E-state index in [2.05, 4.69) is 0 Å². The van der Waals surface area contributed by atoms with Crippen LogP contribution in [0.25, 0.3) is 0 Å². The second-order valence-electron chi connectivity index (χ2n) is 5.17. The van der Waals surface area contributed by atoms with E-state index >= 15 is 0 Å². The van der Waals surface area contributed by atoms with Gasteiger partial charge in [0, 0.05) is 0 Å². The van der Waals surface area contributed by atoms with Gasteiger partial charge in [0.25, 0.3) is 0 Å². The number of nitrogens with two attached hydrogens (primary N) is 1. The summed E-state index contributed by atoms with van der Waals surface area (Å²) < 4.78 is 16.9. The van der Waals surface area contributed by atoms with Crippen LogP contribution < -0.4 is 5.73 Å². The lowest BCUT2D eigenvalue weighted by molar-refractivity contribution is 0.00578. The van der Waals surface area contributed by atoms with Gasteiger partial charge in [0.1, 0.15) is 5.76 Å². The summed E-state index contributed by atoms with van der Waals surface area (Å²) >= 11 is 0. The first-order valence-corrected chi connectivity index (χ1v) is 5.48. The normalized spacial score (nSPS) is 24.7. The predicted octanol–water partition coefficient (Wildman–Crippen LogP) is 1.91. The second kappa shape index (κ2) is 3.62. The van der Waals surface area contributed by atoms with Crippen LogP contribution in [0.1, 0.15) is 39.4 Å². The predicted molar refractivity (Wildman–Crippen MR) is 61.7 cm³/mol. The first-order valence-electron chi connectivity index (χ1n) is 5.48. The van der Waals surface area contributed by atoms with Gasteiger partial charge in [0.05, 0.1) is 23.4 Å². The van der Waals surface area contributed by atoms with Crippen molar-refractivity contribution in [2.24, 2.45) is 5.73 Å². The molecule has 2 heterocycles. The van der Waals surface area contributed by atoms with Crippen LogP contribution in [0.3, 0.4) is 0 Å². The van der Waals surface area contributed by atoms with Gasteiger partial charge in [0.15, 0.2) is 0 Å². The average Bonchev–Trinajstić information content (AvgIpc) is 2.72. The lowest BCUT2D eigenvalue weighted by atomic mass is 9.77. The van der Waals surface area contributed by atoms with E-state index in [1.807, 2.05) is 33.8 Å². The molecule has 16 heavy (non-hydrogen) atoms. The molecule has 2 N–H and O–H groups in total. The van der Waals surface area contributed by atoms with Crippen molar-refractivity contribution < 1.29 is 13.7 Å². The molecule has 0 saturated carbocycles. The molecule has 1 fully saturated rings. The third-order valence-corrected chi connectivity index (χ3v) is 3.44. The van der Waals surface area contributed by atoms with Crippen LogP contribution in [-0.2, 0) is 9.31 Å². The lowest BCUT2D eigenvalue weighted by Crippen LogP contribution is -2.41. The van der Waals surface area contributed by atoms with E-state index in [0.29, 0.717) is 5.76 Å². The minimum Gasteiger partial charge on any atom is -0.468 e. The van der Waals surface area contributed by atoms with Gasteiger partial charge in [-0.15, -0.1) is 0 Å². The zero-order chi connectivity index (χ0) is 12.0. The van der Waals surface area contributed by atoms with E-state index in [0.717, 1.165) is 0 Å². The molecule has 1 aliphatic heterocycles. The Morgan fingerprint density at radius 2 is 1.75 bits per heavy atom. The standard InChI is InChI=1S/C11H18BNO3/c1-10(2)11(3,4)16-12(15-10)9(13)8-6-5-7-14-8/h5-7,9H,13H2,1-4H3. The smallest absolute Gasteiger partial charge is 0.468 e. The first-order chi connectivity index (χ1) is 7.33. The van der Waals surface area contributed by atoms with E-state index in [9.17, 15) is 0 Å². The highest BCUT2D eigenvalue weighted by Gasteiger charge is 2.53. The fourth-order valence-electron chi connectivity index (χ4n) is 1.65. The molecular weight excluding hydrogens is 205 g/mol. The van der Waals surface area contributed by atoms with Gasteiger partial charge in [-0.1, -0.05) is 0 Å². The molecule has 88 valence electrons. The Labute approximate surface area is 96.2 Å². The van der Waals surface area contributed by atoms with Crippen molar-refractivity contribution in [2.75, 3.05) is 0 Å². The third kappa shape index (κ3) is 1.79. The monoisotopic (exact) mass is 223 g/mol. The summed E-state index contributed by atoms with van der Waals surface area (Å²) in [6.45, 7) is 8.01. The summed E-state index contributed by atoms with van der Waals surface area (Å²) in [6, 6.07) is 3.64. The van der Waals surface area contributed by atoms with Crippen LogP contribution in [0.5, 0.6) is 0 Å². The van der Waals surface area contributed by atoms with E-state index < -0.39 is 13.1 Å². The molecule has 0 bridgehead atoms. The Hall–Kier alpha value is -0.775. The van der Waals surface area contributed by atoms with Crippen LogP contribution in [-0.4, -0.2) is 18.3 Å². The first kappa shape index (κ1) is 11.7. The lowest BCUT2D eigenvalue weighted by Gasteiger charge is -2.32. The molecular formula is C11H18BNO3. The molecule has 1 aliphatic rings. The highest BCUT2D eigenvalue weighted by atomic mass is 16.7. The highest BCUT2D eigenvalue weighted by Crippen LogP contribution is 2.39. The molecule has 1 aromatic rings. The quantitative estimate of drug-likeness (QED) is 0.778. The maximum Gasteiger partial charge on any atom is 0.483 e. The molecule has 0 radical (unpaired) electrons. The zero-order valence-corrected chi connectivity index (χ0v) is 10.2. The summed E-state index contributed by atoms with van der Waals surface area (Å²) in [5.74, 6) is 0.287. The Morgan fingerprint density at radius 1 is 1.19 bits per heavy atom. The Kier molecular flexibility index (Phi) is 2.65. The highest BCUT2D eigenvalue weighted by molar-refractivity contribution is 6.47. The summed E-state index contributed by atoms with van der Waals surface area (Å²) in [4.78, 5) is 0. The summed E-state index contributed by atoms with van der Waals surface area (Å²) in [5, 5.41) is 0. The molecule has 1 unspecified atom stereocenters. The molecule has 1 aromatic heterocycles.